The monoisotopic (exact) mass is 280 g/mol. The SMILES string of the molecule is CCCOc1ccc(C=O)c(OCCC)c1OCCC. The molecular formula is C16H24O4. The molecule has 1 aromatic rings. The molecule has 0 saturated carbocycles. The summed E-state index contributed by atoms with van der Waals surface area (Å²) in [7, 11) is 0. The fraction of sp³-hybridized carbons (Fsp3) is 0.562. The maximum atomic E-state index is 11.2. The van der Waals surface area contributed by atoms with Crippen LogP contribution in [0.15, 0.2) is 12.1 Å². The zero-order chi connectivity index (χ0) is 14.8. The second-order valence-electron chi connectivity index (χ2n) is 4.47. The van der Waals surface area contributed by atoms with E-state index in [1.165, 1.54) is 0 Å². The van der Waals surface area contributed by atoms with Crippen LogP contribution >= 0.6 is 0 Å². The molecule has 112 valence electrons. The topological polar surface area (TPSA) is 44.8 Å². The van der Waals surface area contributed by atoms with E-state index in [2.05, 4.69) is 0 Å². The average molecular weight is 280 g/mol. The molecule has 0 saturated heterocycles. The van der Waals surface area contributed by atoms with Gasteiger partial charge < -0.3 is 14.2 Å². The zero-order valence-electron chi connectivity index (χ0n) is 12.6. The Morgan fingerprint density at radius 3 is 1.95 bits per heavy atom. The molecule has 0 atom stereocenters. The van der Waals surface area contributed by atoms with Gasteiger partial charge in [-0.2, -0.15) is 0 Å². The average Bonchev–Trinajstić information content (AvgIpc) is 2.48. The normalized spacial score (nSPS) is 10.2. The van der Waals surface area contributed by atoms with Crippen LogP contribution in [0.3, 0.4) is 0 Å². The Balaban J connectivity index is 3.12. The van der Waals surface area contributed by atoms with Crippen molar-refractivity contribution in [1.82, 2.24) is 0 Å². The van der Waals surface area contributed by atoms with Gasteiger partial charge in [-0.05, 0) is 31.4 Å². The lowest BCUT2D eigenvalue weighted by Crippen LogP contribution is -2.06. The number of rotatable bonds is 10. The van der Waals surface area contributed by atoms with Gasteiger partial charge in [-0.25, -0.2) is 0 Å². The minimum atomic E-state index is 0.490. The van der Waals surface area contributed by atoms with E-state index < -0.39 is 0 Å². The molecule has 20 heavy (non-hydrogen) atoms. The molecule has 0 aromatic heterocycles. The third kappa shape index (κ3) is 4.44. The molecule has 4 heteroatoms. The van der Waals surface area contributed by atoms with Gasteiger partial charge in [0.1, 0.15) is 0 Å². The highest BCUT2D eigenvalue weighted by Crippen LogP contribution is 2.40. The fourth-order valence-corrected chi connectivity index (χ4v) is 1.67. The fourth-order valence-electron chi connectivity index (χ4n) is 1.67. The van der Waals surface area contributed by atoms with Crippen molar-refractivity contribution in [3.05, 3.63) is 17.7 Å². The van der Waals surface area contributed by atoms with Crippen LogP contribution < -0.4 is 14.2 Å². The molecule has 1 rings (SSSR count). The van der Waals surface area contributed by atoms with E-state index in [0.717, 1.165) is 25.5 Å². The van der Waals surface area contributed by atoms with Crippen LogP contribution in [0.25, 0.3) is 0 Å². The first-order valence-electron chi connectivity index (χ1n) is 7.28. The largest absolute Gasteiger partial charge is 0.490 e. The van der Waals surface area contributed by atoms with Crippen LogP contribution in [-0.2, 0) is 0 Å². The quantitative estimate of drug-likeness (QED) is 0.610. The summed E-state index contributed by atoms with van der Waals surface area (Å²) in [5, 5.41) is 0. The summed E-state index contributed by atoms with van der Waals surface area (Å²) in [4.78, 5) is 11.2. The van der Waals surface area contributed by atoms with Gasteiger partial charge in [0.05, 0.1) is 25.4 Å². The molecule has 0 N–H and O–H groups in total. The van der Waals surface area contributed by atoms with Crippen molar-refractivity contribution in [3.8, 4) is 17.2 Å². The number of aldehydes is 1. The number of carbonyl (C=O) groups excluding carboxylic acids is 1. The van der Waals surface area contributed by atoms with Gasteiger partial charge in [-0.1, -0.05) is 20.8 Å². The predicted molar refractivity (Wildman–Crippen MR) is 79.2 cm³/mol. The first-order chi connectivity index (χ1) is 9.78. The molecule has 0 aliphatic carbocycles. The number of carbonyl (C=O) groups is 1. The van der Waals surface area contributed by atoms with E-state index >= 15 is 0 Å². The molecule has 0 fully saturated rings. The van der Waals surface area contributed by atoms with Crippen LogP contribution in [0.4, 0.5) is 0 Å². The molecule has 1 aromatic carbocycles. The van der Waals surface area contributed by atoms with Gasteiger partial charge in [0.25, 0.3) is 0 Å². The van der Waals surface area contributed by atoms with Gasteiger partial charge in [0, 0.05) is 0 Å². The number of hydrogen-bond donors (Lipinski definition) is 0. The van der Waals surface area contributed by atoms with Crippen molar-refractivity contribution in [2.75, 3.05) is 19.8 Å². The Morgan fingerprint density at radius 2 is 1.40 bits per heavy atom. The van der Waals surface area contributed by atoms with Gasteiger partial charge in [0.15, 0.2) is 17.8 Å². The highest BCUT2D eigenvalue weighted by Gasteiger charge is 2.17. The lowest BCUT2D eigenvalue weighted by molar-refractivity contribution is 0.111. The van der Waals surface area contributed by atoms with Gasteiger partial charge >= 0.3 is 0 Å². The summed E-state index contributed by atoms with van der Waals surface area (Å²) in [5.74, 6) is 1.67. The molecule has 0 unspecified atom stereocenters. The van der Waals surface area contributed by atoms with Crippen molar-refractivity contribution in [2.24, 2.45) is 0 Å². The second kappa shape index (κ2) is 9.23. The second-order valence-corrected chi connectivity index (χ2v) is 4.47. The van der Waals surface area contributed by atoms with E-state index in [1.807, 2.05) is 20.8 Å². The smallest absolute Gasteiger partial charge is 0.204 e. The van der Waals surface area contributed by atoms with Crippen molar-refractivity contribution in [3.63, 3.8) is 0 Å². The van der Waals surface area contributed by atoms with E-state index in [4.69, 9.17) is 14.2 Å². The summed E-state index contributed by atoms with van der Waals surface area (Å²) in [6.07, 6.45) is 3.44. The molecule has 4 nitrogen and oxygen atoms in total. The summed E-state index contributed by atoms with van der Waals surface area (Å²) >= 11 is 0. The number of ether oxygens (including phenoxy) is 3. The molecule has 0 amide bonds. The van der Waals surface area contributed by atoms with Crippen molar-refractivity contribution in [1.29, 1.82) is 0 Å². The molecule has 0 heterocycles. The van der Waals surface area contributed by atoms with E-state index in [0.29, 0.717) is 42.6 Å². The highest BCUT2D eigenvalue weighted by molar-refractivity contribution is 5.82. The van der Waals surface area contributed by atoms with Gasteiger partial charge in [0.2, 0.25) is 5.75 Å². The molecule has 0 aliphatic heterocycles. The third-order valence-corrected chi connectivity index (χ3v) is 2.60. The predicted octanol–water partition coefficient (Wildman–Crippen LogP) is 3.87. The van der Waals surface area contributed by atoms with Crippen LogP contribution in [0, 0.1) is 0 Å². The van der Waals surface area contributed by atoms with Crippen molar-refractivity contribution in [2.45, 2.75) is 40.0 Å². The van der Waals surface area contributed by atoms with Gasteiger partial charge in [-0.15, -0.1) is 0 Å². The lowest BCUT2D eigenvalue weighted by Gasteiger charge is -2.17. The molecular weight excluding hydrogens is 256 g/mol. The van der Waals surface area contributed by atoms with E-state index in [1.54, 1.807) is 12.1 Å². The summed E-state index contributed by atoms with van der Waals surface area (Å²) in [6.45, 7) is 7.80. The Kier molecular flexibility index (Phi) is 7.55. The summed E-state index contributed by atoms with van der Waals surface area (Å²) in [6, 6.07) is 3.48. The van der Waals surface area contributed by atoms with Crippen LogP contribution in [-0.4, -0.2) is 26.1 Å². The standard InChI is InChI=1S/C16H24O4/c1-4-9-18-14-8-7-13(12-17)15(19-10-5-2)16(14)20-11-6-3/h7-8,12H,4-6,9-11H2,1-3H3. The molecule has 0 spiro atoms. The lowest BCUT2D eigenvalue weighted by atomic mass is 10.2. The maximum absolute atomic E-state index is 11.2. The van der Waals surface area contributed by atoms with Crippen molar-refractivity contribution >= 4 is 6.29 Å². The summed E-state index contributed by atoms with van der Waals surface area (Å²) < 4.78 is 17.1. The van der Waals surface area contributed by atoms with E-state index in [-0.39, 0.29) is 0 Å². The van der Waals surface area contributed by atoms with Crippen LogP contribution in [0.5, 0.6) is 17.2 Å². The van der Waals surface area contributed by atoms with Gasteiger partial charge in [-0.3, -0.25) is 4.79 Å². The number of hydrogen-bond acceptors (Lipinski definition) is 4. The van der Waals surface area contributed by atoms with Crippen LogP contribution in [0.2, 0.25) is 0 Å². The van der Waals surface area contributed by atoms with E-state index in [9.17, 15) is 4.79 Å². The Bertz CT molecular complexity index is 415. The first-order valence-corrected chi connectivity index (χ1v) is 7.28. The van der Waals surface area contributed by atoms with Crippen LogP contribution in [0.1, 0.15) is 50.4 Å². The summed E-state index contributed by atoms with van der Waals surface area (Å²) in [5.41, 5.74) is 0.494. The first kappa shape index (κ1) is 16.3. The van der Waals surface area contributed by atoms with Crippen molar-refractivity contribution < 1.29 is 19.0 Å². The Hall–Kier alpha value is -1.71. The maximum Gasteiger partial charge on any atom is 0.204 e. The Labute approximate surface area is 121 Å². The molecule has 0 bridgehead atoms. The highest BCUT2D eigenvalue weighted by atomic mass is 16.5. The Morgan fingerprint density at radius 1 is 0.850 bits per heavy atom. The molecule has 0 aliphatic rings. The molecule has 0 radical (unpaired) electrons. The minimum Gasteiger partial charge on any atom is -0.490 e. The zero-order valence-corrected chi connectivity index (χ0v) is 12.6. The number of benzene rings is 1. The third-order valence-electron chi connectivity index (χ3n) is 2.60. The minimum absolute atomic E-state index is 0.490.